The van der Waals surface area contributed by atoms with Crippen LogP contribution < -0.4 is 4.74 Å². The number of carbonyl (C=O) groups excluding carboxylic acids is 2. The molecule has 4 heteroatoms. The van der Waals surface area contributed by atoms with Gasteiger partial charge in [-0.1, -0.05) is 0 Å². The second-order valence-electron chi connectivity index (χ2n) is 2.41. The van der Waals surface area contributed by atoms with Crippen LogP contribution in [0.5, 0.6) is 5.75 Å². The maximum absolute atomic E-state index is 10.7. The molecule has 0 aliphatic carbocycles. The smallest absolute Gasteiger partial charge is 0.427 e. The van der Waals surface area contributed by atoms with Crippen LogP contribution >= 0.6 is 0 Å². The molecule has 0 fully saturated rings. The monoisotopic (exact) mass is 199 g/mol. The van der Waals surface area contributed by atoms with Gasteiger partial charge in [0.15, 0.2) is 11.6 Å². The van der Waals surface area contributed by atoms with Crippen LogP contribution in [-0.2, 0) is 4.79 Å². The zero-order chi connectivity index (χ0) is 9.84. The summed E-state index contributed by atoms with van der Waals surface area (Å²) in [7, 11) is 0. The maximum atomic E-state index is 10.7. The lowest BCUT2D eigenvalue weighted by Crippen LogP contribution is -2.01. The molecule has 3 nitrogen and oxygen atoms in total. The van der Waals surface area contributed by atoms with E-state index in [1.165, 1.54) is 31.2 Å². The Hall–Kier alpha value is -1.35. The number of benzene rings is 1. The number of carbonyl (C=O) groups is 2. The van der Waals surface area contributed by atoms with Gasteiger partial charge in [0.05, 0.1) is 5.56 Å². The average Bonchev–Trinajstić information content (AvgIpc) is 2.04. The molecule has 0 amide bonds. The fraction of sp³-hybridized carbons (Fsp3) is 0.111. The molecule has 1 rings (SSSR count). The Labute approximate surface area is 80.3 Å². The van der Waals surface area contributed by atoms with Gasteiger partial charge in [0, 0.05) is 6.92 Å². The zero-order valence-electron chi connectivity index (χ0n) is 6.94. The van der Waals surface area contributed by atoms with Crippen molar-refractivity contribution in [1.82, 2.24) is 0 Å². The minimum atomic E-state index is -0.422. The van der Waals surface area contributed by atoms with Crippen molar-refractivity contribution in [3.8, 4) is 5.75 Å². The van der Waals surface area contributed by atoms with Crippen molar-refractivity contribution < 1.29 is 25.9 Å². The Morgan fingerprint density at radius 3 is 2.15 bits per heavy atom. The molecule has 0 bridgehead atoms. The normalized spacial score (nSPS) is 9.38. The topological polar surface area (TPSA) is 43.4 Å². The van der Waals surface area contributed by atoms with Crippen molar-refractivity contribution in [2.45, 2.75) is 6.92 Å². The summed E-state index contributed by atoms with van der Waals surface area (Å²) in [5.41, 5.74) is 0.422. The highest BCUT2D eigenvalue weighted by Crippen LogP contribution is 2.12. The maximum Gasteiger partial charge on any atom is 0.430 e. The van der Waals surface area contributed by atoms with Gasteiger partial charge in [-0.2, -0.15) is 0 Å². The van der Waals surface area contributed by atoms with E-state index >= 15 is 0 Å². The van der Waals surface area contributed by atoms with E-state index in [9.17, 15) is 9.59 Å². The van der Waals surface area contributed by atoms with Crippen molar-refractivity contribution >= 4 is 11.2 Å². The van der Waals surface area contributed by atoms with Gasteiger partial charge in [-0.3, -0.25) is 4.79 Å². The molecule has 0 radical (unpaired) electrons. The van der Waals surface area contributed by atoms with Gasteiger partial charge in [0.1, 0.15) is 5.75 Å². The van der Waals surface area contributed by atoms with Crippen molar-refractivity contribution in [3.63, 3.8) is 0 Å². The molecule has 0 spiro atoms. The summed E-state index contributed by atoms with van der Waals surface area (Å²) in [6.07, 6.45) is 0. The van der Waals surface area contributed by atoms with E-state index in [4.69, 9.17) is 4.74 Å². The summed E-state index contributed by atoms with van der Waals surface area (Å²) in [6, 6.07) is 6.10. The van der Waals surface area contributed by atoms with Crippen LogP contribution in [0.15, 0.2) is 24.3 Å². The summed E-state index contributed by atoms with van der Waals surface area (Å²) >= 11 is 4.43. The molecule has 0 aliphatic heterocycles. The Morgan fingerprint density at radius 1 is 1.23 bits per heavy atom. The third-order valence-corrected chi connectivity index (χ3v) is 1.59. The lowest BCUT2D eigenvalue weighted by molar-refractivity contribution is -0.255. The molecule has 0 unspecified atom stereocenters. The molecule has 0 saturated heterocycles. The van der Waals surface area contributed by atoms with E-state index in [1.54, 1.807) is 0 Å². The summed E-state index contributed by atoms with van der Waals surface area (Å²) in [5.74, 6) is 0.0185. The van der Waals surface area contributed by atoms with E-state index in [-0.39, 0.29) is 0 Å². The molecule has 0 atom stereocenters. The van der Waals surface area contributed by atoms with E-state index in [1.807, 2.05) is 0 Å². The first-order valence-electron chi connectivity index (χ1n) is 3.59. The highest BCUT2D eigenvalue weighted by Gasteiger charge is 2.09. The number of hydrogen-bond acceptors (Lipinski definition) is 3. The minimum Gasteiger partial charge on any atom is -0.427 e. The molecule has 13 heavy (non-hydrogen) atoms. The van der Waals surface area contributed by atoms with Crippen molar-refractivity contribution in [3.05, 3.63) is 29.8 Å². The van der Waals surface area contributed by atoms with E-state index in [0.29, 0.717) is 11.3 Å². The second-order valence-corrected chi connectivity index (χ2v) is 2.78. The van der Waals surface area contributed by atoms with Gasteiger partial charge in [0.2, 0.25) is 0 Å². The first-order chi connectivity index (χ1) is 6.09. The summed E-state index contributed by atoms with van der Waals surface area (Å²) < 4.78 is 4.76. The Balaban J connectivity index is 2.81. The first-order valence-corrected chi connectivity index (χ1v) is 4.00. The molecule has 68 valence electrons. The summed E-state index contributed by atoms with van der Waals surface area (Å²) in [4.78, 5) is 21.2. The standard InChI is InChI=1S/C9H8ClO3/c1-6(11)13-8-4-2-7(3-5-8)9(10)12/h2-5,10H,1H3/q+1. The molecule has 1 aromatic rings. The van der Waals surface area contributed by atoms with Crippen LogP contribution in [0.3, 0.4) is 0 Å². The number of ether oxygens (including phenoxy) is 1. The highest BCUT2D eigenvalue weighted by molar-refractivity contribution is 5.85. The Bertz CT molecular complexity index is 329. The van der Waals surface area contributed by atoms with Gasteiger partial charge < -0.3 is 4.74 Å². The van der Waals surface area contributed by atoms with Crippen LogP contribution in [0.1, 0.15) is 17.3 Å². The predicted molar refractivity (Wildman–Crippen MR) is 43.5 cm³/mol. The molecule has 0 N–H and O–H groups in total. The third-order valence-electron chi connectivity index (χ3n) is 1.35. The number of esters is 1. The lowest BCUT2D eigenvalue weighted by Gasteiger charge is -1.99. The van der Waals surface area contributed by atoms with Gasteiger partial charge in [-0.15, -0.1) is 0 Å². The quantitative estimate of drug-likeness (QED) is 0.406. The highest BCUT2D eigenvalue weighted by atomic mass is 35.5. The Morgan fingerprint density at radius 2 is 1.77 bits per heavy atom. The zero-order valence-corrected chi connectivity index (χ0v) is 7.76. The van der Waals surface area contributed by atoms with E-state index in [2.05, 4.69) is 11.6 Å². The largest absolute Gasteiger partial charge is 0.430 e. The molecule has 0 saturated carbocycles. The van der Waals surface area contributed by atoms with Crippen LogP contribution in [0.2, 0.25) is 0 Å². The second kappa shape index (κ2) is 4.05. The minimum absolute atomic E-state index is 0.391. The average molecular weight is 200 g/mol. The fourth-order valence-corrected chi connectivity index (χ4v) is 0.961. The molecule has 0 aliphatic rings. The molecule has 0 aromatic heterocycles. The molecule has 0 heterocycles. The van der Waals surface area contributed by atoms with Gasteiger partial charge in [-0.05, 0) is 24.3 Å². The SMILES string of the molecule is CC(=O)Oc1ccc(C(=O)[ClH+])cc1. The fourth-order valence-electron chi connectivity index (χ4n) is 0.825. The van der Waals surface area contributed by atoms with Gasteiger partial charge in [-0.25, -0.2) is 4.79 Å². The third kappa shape index (κ3) is 2.87. The molecular formula is C9H8ClO3+. The van der Waals surface area contributed by atoms with Crippen molar-refractivity contribution in [2.24, 2.45) is 0 Å². The first kappa shape index (κ1) is 9.74. The van der Waals surface area contributed by atoms with Crippen LogP contribution in [0, 0.1) is 11.6 Å². The van der Waals surface area contributed by atoms with Crippen LogP contribution in [0.4, 0.5) is 0 Å². The molecule has 1 aromatic carbocycles. The summed E-state index contributed by atoms with van der Waals surface area (Å²) in [5, 5.41) is -0.422. The molecular weight excluding hydrogens is 192 g/mol. The van der Waals surface area contributed by atoms with Crippen LogP contribution in [0.25, 0.3) is 0 Å². The predicted octanol–water partition coefficient (Wildman–Crippen LogP) is 1.03. The summed E-state index contributed by atoms with van der Waals surface area (Å²) in [6.45, 7) is 1.31. The van der Waals surface area contributed by atoms with Crippen LogP contribution in [-0.4, -0.2) is 11.2 Å². The number of rotatable bonds is 2. The lowest BCUT2D eigenvalue weighted by atomic mass is 10.2. The van der Waals surface area contributed by atoms with E-state index < -0.39 is 11.2 Å². The number of hydrogen-bond donors (Lipinski definition) is 0. The van der Waals surface area contributed by atoms with E-state index in [0.717, 1.165) is 0 Å². The number of halogens is 1. The van der Waals surface area contributed by atoms with Gasteiger partial charge in [0.25, 0.3) is 0 Å². The van der Waals surface area contributed by atoms with Crippen molar-refractivity contribution in [1.29, 1.82) is 0 Å². The van der Waals surface area contributed by atoms with Crippen molar-refractivity contribution in [2.75, 3.05) is 0 Å². The Kier molecular flexibility index (Phi) is 3.03. The van der Waals surface area contributed by atoms with Gasteiger partial charge >= 0.3 is 11.2 Å².